The van der Waals surface area contributed by atoms with Gasteiger partial charge in [-0.2, -0.15) is 5.10 Å². The maximum atomic E-state index is 13.4. The molecule has 1 aromatic heterocycles. The molecule has 1 amide bonds. The summed E-state index contributed by atoms with van der Waals surface area (Å²) in [6, 6.07) is 14.0. The molecule has 0 aliphatic carbocycles. The Morgan fingerprint density at radius 2 is 1.90 bits per heavy atom. The Labute approximate surface area is 184 Å². The molecule has 2 N–H and O–H groups in total. The number of rotatable bonds is 8. The lowest BCUT2D eigenvalue weighted by atomic mass is 10.0. The fourth-order valence-corrected chi connectivity index (χ4v) is 4.23. The molecular formula is C22H24FN5O2S. The second-order valence-electron chi connectivity index (χ2n) is 7.20. The fourth-order valence-electron chi connectivity index (χ4n) is 3.49. The van der Waals surface area contributed by atoms with Crippen LogP contribution in [0.25, 0.3) is 0 Å². The smallest absolute Gasteiger partial charge is 0.251 e. The lowest BCUT2D eigenvalue weighted by Crippen LogP contribution is -2.43. The van der Waals surface area contributed by atoms with Gasteiger partial charge in [0.05, 0.1) is 19.3 Å². The third-order valence-corrected chi connectivity index (χ3v) is 6.13. The number of halogens is 1. The molecule has 162 valence electrons. The molecule has 0 bridgehead atoms. The van der Waals surface area contributed by atoms with Gasteiger partial charge in [-0.15, -0.1) is 0 Å². The molecule has 1 atom stereocenters. The number of hydrogen-bond donors (Lipinski definition) is 2. The highest BCUT2D eigenvalue weighted by Gasteiger charge is 2.23. The molecule has 0 spiro atoms. The van der Waals surface area contributed by atoms with Gasteiger partial charge in [0.2, 0.25) is 0 Å². The first-order valence-corrected chi connectivity index (χ1v) is 11.1. The van der Waals surface area contributed by atoms with Gasteiger partial charge in [0.15, 0.2) is 5.16 Å². The van der Waals surface area contributed by atoms with Gasteiger partial charge < -0.3 is 10.1 Å². The summed E-state index contributed by atoms with van der Waals surface area (Å²) in [7, 11) is 0. The lowest BCUT2D eigenvalue weighted by Gasteiger charge is -2.35. The van der Waals surface area contributed by atoms with E-state index in [1.165, 1.54) is 18.5 Å². The minimum Gasteiger partial charge on any atom is -0.379 e. The molecule has 0 radical (unpaired) electrons. The summed E-state index contributed by atoms with van der Waals surface area (Å²) in [5.74, 6) is 0.339. The Kier molecular flexibility index (Phi) is 7.29. The molecule has 7 nitrogen and oxygen atoms in total. The van der Waals surface area contributed by atoms with E-state index >= 15 is 0 Å². The van der Waals surface area contributed by atoms with Crippen LogP contribution >= 0.6 is 11.8 Å². The van der Waals surface area contributed by atoms with Crippen molar-refractivity contribution in [2.24, 2.45) is 0 Å². The van der Waals surface area contributed by atoms with Crippen LogP contribution in [-0.2, 0) is 10.5 Å². The third-order valence-electron chi connectivity index (χ3n) is 5.18. The van der Waals surface area contributed by atoms with Crippen molar-refractivity contribution in [3.63, 3.8) is 0 Å². The molecule has 2 heterocycles. The van der Waals surface area contributed by atoms with E-state index in [1.54, 1.807) is 23.9 Å². The number of ether oxygens (including phenoxy) is 1. The molecule has 3 aromatic rings. The van der Waals surface area contributed by atoms with Crippen LogP contribution in [0.1, 0.15) is 27.5 Å². The van der Waals surface area contributed by atoms with Gasteiger partial charge >= 0.3 is 0 Å². The van der Waals surface area contributed by atoms with E-state index in [0.717, 1.165) is 35.1 Å². The molecule has 1 aliphatic rings. The van der Waals surface area contributed by atoms with E-state index in [-0.39, 0.29) is 17.8 Å². The fraction of sp³-hybridized carbons (Fsp3) is 0.318. The molecule has 4 rings (SSSR count). The number of nitrogens with zero attached hydrogens (tertiary/aromatic N) is 3. The van der Waals surface area contributed by atoms with Gasteiger partial charge in [0.25, 0.3) is 5.91 Å². The van der Waals surface area contributed by atoms with Crippen molar-refractivity contribution in [2.75, 3.05) is 32.8 Å². The number of morpholine rings is 1. The van der Waals surface area contributed by atoms with Crippen LogP contribution in [0.4, 0.5) is 4.39 Å². The van der Waals surface area contributed by atoms with Crippen LogP contribution < -0.4 is 5.32 Å². The predicted octanol–water partition coefficient (Wildman–Crippen LogP) is 3.04. The second kappa shape index (κ2) is 10.5. The first-order valence-electron chi connectivity index (χ1n) is 10.1. The maximum Gasteiger partial charge on any atom is 0.251 e. The van der Waals surface area contributed by atoms with Crippen LogP contribution in [0.5, 0.6) is 0 Å². The number of carbonyl (C=O) groups is 1. The SMILES string of the molecule is O=C(NC[C@H](c1ccc(F)cc1)N1CCOCC1)c1ccc(CSc2ncn[nH]2)cc1. The van der Waals surface area contributed by atoms with Gasteiger partial charge in [0, 0.05) is 31.0 Å². The highest BCUT2D eigenvalue weighted by Crippen LogP contribution is 2.22. The number of benzene rings is 2. The predicted molar refractivity (Wildman–Crippen MR) is 116 cm³/mol. The zero-order valence-corrected chi connectivity index (χ0v) is 17.8. The molecule has 1 saturated heterocycles. The van der Waals surface area contributed by atoms with Crippen LogP contribution in [0.3, 0.4) is 0 Å². The molecular weight excluding hydrogens is 417 g/mol. The highest BCUT2D eigenvalue weighted by molar-refractivity contribution is 7.98. The average molecular weight is 442 g/mol. The van der Waals surface area contributed by atoms with Crippen molar-refractivity contribution in [2.45, 2.75) is 17.0 Å². The number of amides is 1. The first kappa shape index (κ1) is 21.5. The summed E-state index contributed by atoms with van der Waals surface area (Å²) >= 11 is 1.55. The van der Waals surface area contributed by atoms with Crippen LogP contribution in [0, 0.1) is 5.82 Å². The number of hydrogen-bond acceptors (Lipinski definition) is 6. The molecule has 1 fully saturated rings. The minimum atomic E-state index is -0.268. The maximum absolute atomic E-state index is 13.4. The third kappa shape index (κ3) is 5.90. The largest absolute Gasteiger partial charge is 0.379 e. The van der Waals surface area contributed by atoms with Crippen molar-refractivity contribution in [3.05, 3.63) is 77.4 Å². The van der Waals surface area contributed by atoms with E-state index in [0.29, 0.717) is 25.3 Å². The Morgan fingerprint density at radius 1 is 1.16 bits per heavy atom. The zero-order chi connectivity index (χ0) is 21.5. The van der Waals surface area contributed by atoms with Crippen molar-refractivity contribution in [1.29, 1.82) is 0 Å². The van der Waals surface area contributed by atoms with Crippen LogP contribution in [0.2, 0.25) is 0 Å². The summed E-state index contributed by atoms with van der Waals surface area (Å²) in [5.41, 5.74) is 2.67. The number of thioether (sulfide) groups is 1. The van der Waals surface area contributed by atoms with Gasteiger partial charge in [-0.05, 0) is 35.4 Å². The van der Waals surface area contributed by atoms with Crippen molar-refractivity contribution < 1.29 is 13.9 Å². The Hall–Kier alpha value is -2.75. The number of aromatic amines is 1. The van der Waals surface area contributed by atoms with E-state index in [1.807, 2.05) is 24.3 Å². The first-order chi connectivity index (χ1) is 15.2. The molecule has 9 heteroatoms. The Morgan fingerprint density at radius 3 is 2.58 bits per heavy atom. The van der Waals surface area contributed by atoms with Gasteiger partial charge in [-0.1, -0.05) is 36.0 Å². The molecule has 1 aliphatic heterocycles. The Balaban J connectivity index is 1.37. The van der Waals surface area contributed by atoms with Gasteiger partial charge in [0.1, 0.15) is 12.1 Å². The second-order valence-corrected chi connectivity index (χ2v) is 8.17. The normalized spacial score (nSPS) is 15.5. The quantitative estimate of drug-likeness (QED) is 0.523. The zero-order valence-electron chi connectivity index (χ0n) is 17.0. The summed E-state index contributed by atoms with van der Waals surface area (Å²) in [6.45, 7) is 3.29. The molecule has 0 saturated carbocycles. The van der Waals surface area contributed by atoms with Crippen molar-refractivity contribution >= 4 is 17.7 Å². The summed E-state index contributed by atoms with van der Waals surface area (Å²) in [6.07, 6.45) is 1.48. The highest BCUT2D eigenvalue weighted by atomic mass is 32.2. The van der Waals surface area contributed by atoms with Crippen LogP contribution in [-0.4, -0.2) is 58.8 Å². The van der Waals surface area contributed by atoms with Gasteiger partial charge in [-0.25, -0.2) is 9.37 Å². The minimum absolute atomic E-state index is 0.0361. The van der Waals surface area contributed by atoms with E-state index in [4.69, 9.17) is 4.74 Å². The average Bonchev–Trinajstić information content (AvgIpc) is 3.34. The number of carbonyl (C=O) groups excluding carboxylic acids is 1. The van der Waals surface area contributed by atoms with E-state index in [9.17, 15) is 9.18 Å². The number of nitrogens with one attached hydrogen (secondary N) is 2. The summed E-state index contributed by atoms with van der Waals surface area (Å²) < 4.78 is 18.8. The van der Waals surface area contributed by atoms with Crippen molar-refractivity contribution in [3.8, 4) is 0 Å². The van der Waals surface area contributed by atoms with E-state index < -0.39 is 0 Å². The Bertz CT molecular complexity index is 961. The van der Waals surface area contributed by atoms with E-state index in [2.05, 4.69) is 25.4 Å². The summed E-state index contributed by atoms with van der Waals surface area (Å²) in [5, 5.41) is 10.4. The lowest BCUT2D eigenvalue weighted by molar-refractivity contribution is 0.0162. The molecule has 0 unspecified atom stereocenters. The monoisotopic (exact) mass is 441 g/mol. The van der Waals surface area contributed by atoms with Crippen molar-refractivity contribution in [1.82, 2.24) is 25.4 Å². The van der Waals surface area contributed by atoms with Crippen LogP contribution in [0.15, 0.2) is 60.0 Å². The standard InChI is InChI=1S/C22H24FN5O2S/c23-19-7-5-17(6-8-19)20(28-9-11-30-12-10-28)13-24-21(29)18-3-1-16(2-4-18)14-31-22-25-15-26-27-22/h1-8,15,20H,9-14H2,(H,24,29)(H,25,26,27)/t20-/m1/s1. The topological polar surface area (TPSA) is 83.1 Å². The number of aromatic nitrogens is 3. The molecule has 2 aromatic carbocycles. The molecule has 31 heavy (non-hydrogen) atoms. The number of H-pyrrole nitrogens is 1. The summed E-state index contributed by atoms with van der Waals surface area (Å²) in [4.78, 5) is 19.1. The van der Waals surface area contributed by atoms with Gasteiger partial charge in [-0.3, -0.25) is 14.8 Å².